The van der Waals surface area contributed by atoms with Crippen LogP contribution in [-0.2, 0) is 4.74 Å². The first-order valence-electron chi connectivity index (χ1n) is 9.69. The maximum atomic E-state index is 13.2. The van der Waals surface area contributed by atoms with E-state index in [0.717, 1.165) is 19.4 Å². The molecule has 0 radical (unpaired) electrons. The lowest BCUT2D eigenvalue weighted by atomic mass is 10.1. The van der Waals surface area contributed by atoms with Crippen molar-refractivity contribution in [2.45, 2.75) is 25.9 Å². The minimum atomic E-state index is -0.182. The molecule has 7 nitrogen and oxygen atoms in total. The highest BCUT2D eigenvalue weighted by molar-refractivity contribution is 5.97. The van der Waals surface area contributed by atoms with Crippen LogP contribution >= 0.6 is 0 Å². The van der Waals surface area contributed by atoms with Crippen molar-refractivity contribution in [1.29, 1.82) is 0 Å². The highest BCUT2D eigenvalue weighted by atomic mass is 16.5. The van der Waals surface area contributed by atoms with Gasteiger partial charge in [0.25, 0.3) is 5.91 Å². The molecule has 1 heterocycles. The topological polar surface area (TPSA) is 71.1 Å². The third-order valence-electron chi connectivity index (χ3n) is 4.98. The minimum Gasteiger partial charge on any atom is -0.496 e. The summed E-state index contributed by atoms with van der Waals surface area (Å²) in [6.45, 7) is 5.25. The average Bonchev–Trinajstić information content (AvgIpc) is 3.51. The predicted molar refractivity (Wildman–Crippen MR) is 102 cm³/mol. The molecule has 3 amide bonds. The Balaban J connectivity index is 1.69. The van der Waals surface area contributed by atoms with Gasteiger partial charge in [-0.2, -0.15) is 0 Å². The van der Waals surface area contributed by atoms with Crippen LogP contribution in [0.15, 0.2) is 24.3 Å². The number of rotatable bonds is 7. The lowest BCUT2D eigenvalue weighted by Crippen LogP contribution is -2.53. The van der Waals surface area contributed by atoms with Gasteiger partial charge in [-0.15, -0.1) is 0 Å². The molecule has 1 aliphatic carbocycles. The van der Waals surface area contributed by atoms with E-state index in [1.54, 1.807) is 24.1 Å². The molecule has 27 heavy (non-hydrogen) atoms. The van der Waals surface area contributed by atoms with Crippen molar-refractivity contribution < 1.29 is 19.1 Å². The molecule has 1 aromatic rings. The second-order valence-corrected chi connectivity index (χ2v) is 7.13. The summed E-state index contributed by atoms with van der Waals surface area (Å²) in [5, 5.41) is 2.83. The number of methoxy groups -OCH3 is 1. The van der Waals surface area contributed by atoms with E-state index in [2.05, 4.69) is 5.32 Å². The van der Waals surface area contributed by atoms with Gasteiger partial charge in [-0.05, 0) is 37.8 Å². The van der Waals surface area contributed by atoms with Crippen LogP contribution in [-0.4, -0.2) is 74.3 Å². The Morgan fingerprint density at radius 1 is 1.30 bits per heavy atom. The predicted octanol–water partition coefficient (Wildman–Crippen LogP) is 1.98. The summed E-state index contributed by atoms with van der Waals surface area (Å²) < 4.78 is 11.2. The summed E-state index contributed by atoms with van der Waals surface area (Å²) in [6.07, 6.45) is 2.14. The van der Waals surface area contributed by atoms with Gasteiger partial charge >= 0.3 is 6.03 Å². The zero-order chi connectivity index (χ0) is 19.2. The Hall–Kier alpha value is -2.28. The quantitative estimate of drug-likeness (QED) is 0.791. The molecule has 1 aromatic carbocycles. The summed E-state index contributed by atoms with van der Waals surface area (Å²) in [6, 6.07) is 7.23. The number of carbonyl (C=O) groups is 2. The zero-order valence-electron chi connectivity index (χ0n) is 16.1. The number of hydrogen-bond donors (Lipinski definition) is 1. The van der Waals surface area contributed by atoms with Crippen molar-refractivity contribution >= 4 is 11.9 Å². The Morgan fingerprint density at radius 3 is 2.78 bits per heavy atom. The summed E-state index contributed by atoms with van der Waals surface area (Å²) in [7, 11) is 1.58. The molecule has 7 heteroatoms. The maximum absolute atomic E-state index is 13.2. The van der Waals surface area contributed by atoms with Crippen LogP contribution in [0, 0.1) is 5.92 Å². The number of carbonyl (C=O) groups excluding carboxylic acids is 2. The summed E-state index contributed by atoms with van der Waals surface area (Å²) >= 11 is 0. The van der Waals surface area contributed by atoms with E-state index in [9.17, 15) is 9.59 Å². The van der Waals surface area contributed by atoms with Crippen molar-refractivity contribution in [3.63, 3.8) is 0 Å². The molecule has 3 rings (SSSR count). The number of amides is 3. The largest absolute Gasteiger partial charge is 0.496 e. The molecule has 0 spiro atoms. The average molecular weight is 375 g/mol. The first-order chi connectivity index (χ1) is 13.1. The van der Waals surface area contributed by atoms with Crippen LogP contribution in [0.5, 0.6) is 5.75 Å². The zero-order valence-corrected chi connectivity index (χ0v) is 16.1. The Morgan fingerprint density at radius 2 is 2.07 bits per heavy atom. The maximum Gasteiger partial charge on any atom is 0.317 e. The van der Waals surface area contributed by atoms with Crippen LogP contribution < -0.4 is 10.1 Å². The minimum absolute atomic E-state index is 0.0434. The normalized spacial score (nSPS) is 19.5. The number of benzene rings is 1. The fourth-order valence-electron chi connectivity index (χ4n) is 3.37. The van der Waals surface area contributed by atoms with Gasteiger partial charge < -0.3 is 24.6 Å². The fraction of sp³-hybridized carbons (Fsp3) is 0.600. The molecular formula is C20H29N3O4. The number of urea groups is 1. The number of ether oxygens (including phenoxy) is 2. The van der Waals surface area contributed by atoms with Gasteiger partial charge in [0.2, 0.25) is 0 Å². The van der Waals surface area contributed by atoms with Crippen LogP contribution in [0.1, 0.15) is 30.1 Å². The van der Waals surface area contributed by atoms with E-state index in [1.165, 1.54) is 0 Å². The second kappa shape index (κ2) is 9.08. The van der Waals surface area contributed by atoms with E-state index in [4.69, 9.17) is 9.47 Å². The monoisotopic (exact) mass is 375 g/mol. The fourth-order valence-corrected chi connectivity index (χ4v) is 3.37. The summed E-state index contributed by atoms with van der Waals surface area (Å²) in [4.78, 5) is 28.9. The third kappa shape index (κ3) is 5.13. The highest BCUT2D eigenvalue weighted by Crippen LogP contribution is 2.31. The van der Waals surface area contributed by atoms with E-state index in [-0.39, 0.29) is 18.0 Å². The SMILES string of the molecule is CCNC(=O)N1CCO[C@H](CN(CC2CC2)C(=O)c2ccccc2OC)C1. The van der Waals surface area contributed by atoms with E-state index in [0.29, 0.717) is 50.0 Å². The molecule has 0 aromatic heterocycles. The molecular weight excluding hydrogens is 346 g/mol. The van der Waals surface area contributed by atoms with E-state index < -0.39 is 0 Å². The van der Waals surface area contributed by atoms with Crippen LogP contribution in [0.3, 0.4) is 0 Å². The first kappa shape index (κ1) is 19.5. The lowest BCUT2D eigenvalue weighted by molar-refractivity contribution is -0.0281. The molecule has 1 aliphatic heterocycles. The van der Waals surface area contributed by atoms with Gasteiger partial charge in [0, 0.05) is 26.2 Å². The van der Waals surface area contributed by atoms with E-state index in [1.807, 2.05) is 24.0 Å². The number of para-hydroxylation sites is 1. The van der Waals surface area contributed by atoms with Gasteiger partial charge in [-0.3, -0.25) is 4.79 Å². The van der Waals surface area contributed by atoms with Crippen LogP contribution in [0.25, 0.3) is 0 Å². The van der Waals surface area contributed by atoms with Gasteiger partial charge in [-0.25, -0.2) is 4.79 Å². The third-order valence-corrected chi connectivity index (χ3v) is 4.98. The Bertz CT molecular complexity index is 662. The Labute approximate surface area is 160 Å². The van der Waals surface area contributed by atoms with E-state index >= 15 is 0 Å². The molecule has 1 saturated heterocycles. The summed E-state index contributed by atoms with van der Waals surface area (Å²) in [5.41, 5.74) is 0.567. The number of nitrogens with zero attached hydrogens (tertiary/aromatic N) is 2. The molecule has 1 atom stereocenters. The molecule has 148 valence electrons. The molecule has 1 saturated carbocycles. The standard InChI is InChI=1S/C20H29N3O4/c1-3-21-20(25)22-10-11-27-16(13-22)14-23(12-15-8-9-15)19(24)17-6-4-5-7-18(17)26-2/h4-7,15-16H,3,8-14H2,1-2H3,(H,21,25)/t16-/m0/s1. The van der Waals surface area contributed by atoms with Crippen molar-refractivity contribution in [3.8, 4) is 5.75 Å². The van der Waals surface area contributed by atoms with Crippen molar-refractivity contribution in [2.75, 3.05) is 46.4 Å². The number of nitrogens with one attached hydrogen (secondary N) is 1. The van der Waals surface area contributed by atoms with Gasteiger partial charge in [0.15, 0.2) is 0 Å². The van der Waals surface area contributed by atoms with Crippen molar-refractivity contribution in [2.24, 2.45) is 5.92 Å². The van der Waals surface area contributed by atoms with Gasteiger partial charge in [-0.1, -0.05) is 12.1 Å². The van der Waals surface area contributed by atoms with Gasteiger partial charge in [0.1, 0.15) is 5.75 Å². The van der Waals surface area contributed by atoms with Crippen molar-refractivity contribution in [3.05, 3.63) is 29.8 Å². The molecule has 0 bridgehead atoms. The second-order valence-electron chi connectivity index (χ2n) is 7.13. The van der Waals surface area contributed by atoms with Crippen LogP contribution in [0.2, 0.25) is 0 Å². The van der Waals surface area contributed by atoms with Crippen LogP contribution in [0.4, 0.5) is 4.79 Å². The van der Waals surface area contributed by atoms with Crippen molar-refractivity contribution in [1.82, 2.24) is 15.1 Å². The Kier molecular flexibility index (Phi) is 6.55. The highest BCUT2D eigenvalue weighted by Gasteiger charge is 2.32. The molecule has 1 N–H and O–H groups in total. The number of morpholine rings is 1. The molecule has 2 fully saturated rings. The molecule has 0 unspecified atom stereocenters. The number of hydrogen-bond acceptors (Lipinski definition) is 4. The first-order valence-corrected chi connectivity index (χ1v) is 9.69. The van der Waals surface area contributed by atoms with Gasteiger partial charge in [0.05, 0.1) is 31.9 Å². The smallest absolute Gasteiger partial charge is 0.317 e. The lowest BCUT2D eigenvalue weighted by Gasteiger charge is -2.36. The molecule has 2 aliphatic rings. The summed E-state index contributed by atoms with van der Waals surface area (Å²) in [5.74, 6) is 1.10.